The lowest BCUT2D eigenvalue weighted by molar-refractivity contribution is -0.117. The molecule has 0 spiro atoms. The minimum absolute atomic E-state index is 0. The van der Waals surface area contributed by atoms with Gasteiger partial charge in [-0.05, 0) is 50.4 Å². The van der Waals surface area contributed by atoms with Gasteiger partial charge in [0.15, 0.2) is 0 Å². The van der Waals surface area contributed by atoms with Crippen LogP contribution in [-0.2, 0) is 14.8 Å². The molecule has 0 saturated heterocycles. The number of carbonyl (C=O) groups excluding carboxylic acids is 1. The van der Waals surface area contributed by atoms with E-state index in [1.165, 1.54) is 13.1 Å². The maximum Gasteiger partial charge on any atom is 0.240 e. The number of sulfonamides is 1. The van der Waals surface area contributed by atoms with Gasteiger partial charge in [0.05, 0.1) is 4.90 Å². The molecule has 6 nitrogen and oxygen atoms in total. The third kappa shape index (κ3) is 4.91. The molecule has 0 heterocycles. The predicted molar refractivity (Wildman–Crippen MR) is 93.2 cm³/mol. The number of anilines is 1. The Hall–Kier alpha value is -1.15. The summed E-state index contributed by atoms with van der Waals surface area (Å²) in [5.74, 6) is 0.0879. The molecule has 4 N–H and O–H groups in total. The average Bonchev–Trinajstić information content (AvgIpc) is 2.86. The Bertz CT molecular complexity index is 664. The molecule has 1 saturated carbocycles. The Morgan fingerprint density at radius 1 is 1.35 bits per heavy atom. The maximum absolute atomic E-state index is 12.1. The van der Waals surface area contributed by atoms with Crippen LogP contribution in [0.3, 0.4) is 0 Å². The van der Waals surface area contributed by atoms with Gasteiger partial charge in [-0.2, -0.15) is 0 Å². The SMILES string of the molecule is CNS(=O)(=O)c1cc(NC(=O)C[C@@H]2CCC[C@H]2N)ccc1C.Cl. The molecule has 0 aromatic heterocycles. The zero-order valence-corrected chi connectivity index (χ0v) is 15.0. The lowest BCUT2D eigenvalue weighted by Crippen LogP contribution is -2.28. The number of benzene rings is 1. The number of amides is 1. The first-order chi connectivity index (χ1) is 10.3. The first-order valence-corrected chi connectivity index (χ1v) is 8.91. The highest BCUT2D eigenvalue weighted by molar-refractivity contribution is 7.89. The van der Waals surface area contributed by atoms with Gasteiger partial charge in [-0.1, -0.05) is 12.5 Å². The van der Waals surface area contributed by atoms with Crippen LogP contribution in [0.25, 0.3) is 0 Å². The van der Waals surface area contributed by atoms with Crippen molar-refractivity contribution in [2.24, 2.45) is 11.7 Å². The van der Waals surface area contributed by atoms with E-state index in [9.17, 15) is 13.2 Å². The highest BCUT2D eigenvalue weighted by Gasteiger charge is 2.26. The van der Waals surface area contributed by atoms with E-state index in [1.807, 2.05) is 0 Å². The number of hydrogen-bond acceptors (Lipinski definition) is 4. The molecule has 1 amide bonds. The lowest BCUT2D eigenvalue weighted by Gasteiger charge is -2.15. The summed E-state index contributed by atoms with van der Waals surface area (Å²) in [5.41, 5.74) is 7.08. The number of aryl methyl sites for hydroxylation is 1. The summed E-state index contributed by atoms with van der Waals surface area (Å²) >= 11 is 0. The van der Waals surface area contributed by atoms with Gasteiger partial charge in [-0.25, -0.2) is 13.1 Å². The van der Waals surface area contributed by atoms with Gasteiger partial charge in [-0.3, -0.25) is 4.79 Å². The molecule has 2 rings (SSSR count). The van der Waals surface area contributed by atoms with Crippen LogP contribution in [0.4, 0.5) is 5.69 Å². The van der Waals surface area contributed by atoms with Crippen molar-refractivity contribution in [2.75, 3.05) is 12.4 Å². The summed E-state index contributed by atoms with van der Waals surface area (Å²) < 4.78 is 26.2. The first kappa shape index (κ1) is 19.9. The topological polar surface area (TPSA) is 101 Å². The zero-order chi connectivity index (χ0) is 16.3. The van der Waals surface area contributed by atoms with Crippen molar-refractivity contribution in [1.82, 2.24) is 4.72 Å². The molecule has 0 bridgehead atoms. The van der Waals surface area contributed by atoms with E-state index < -0.39 is 10.0 Å². The molecule has 1 aliphatic carbocycles. The van der Waals surface area contributed by atoms with Crippen LogP contribution in [0.1, 0.15) is 31.2 Å². The van der Waals surface area contributed by atoms with E-state index in [2.05, 4.69) is 10.0 Å². The molecule has 130 valence electrons. The van der Waals surface area contributed by atoms with Crippen molar-refractivity contribution in [1.29, 1.82) is 0 Å². The van der Waals surface area contributed by atoms with Crippen molar-refractivity contribution in [3.05, 3.63) is 23.8 Å². The molecule has 1 aromatic rings. The van der Waals surface area contributed by atoms with Gasteiger partial charge < -0.3 is 11.1 Å². The first-order valence-electron chi connectivity index (χ1n) is 7.43. The van der Waals surface area contributed by atoms with Crippen LogP contribution in [0, 0.1) is 12.8 Å². The Balaban J connectivity index is 0.00000264. The summed E-state index contributed by atoms with van der Waals surface area (Å²) in [6.07, 6.45) is 3.38. The number of hydrogen-bond donors (Lipinski definition) is 3. The fraction of sp³-hybridized carbons (Fsp3) is 0.533. The molecule has 0 aliphatic heterocycles. The molecule has 23 heavy (non-hydrogen) atoms. The Kier molecular flexibility index (Phi) is 7.01. The monoisotopic (exact) mass is 361 g/mol. The van der Waals surface area contributed by atoms with E-state index in [-0.39, 0.29) is 35.2 Å². The Morgan fingerprint density at radius 2 is 2.04 bits per heavy atom. The number of rotatable bonds is 5. The molecular formula is C15H24ClN3O3S. The maximum atomic E-state index is 12.1. The van der Waals surface area contributed by atoms with Crippen LogP contribution in [-0.4, -0.2) is 27.4 Å². The molecule has 0 radical (unpaired) electrons. The minimum atomic E-state index is -3.54. The van der Waals surface area contributed by atoms with Crippen LogP contribution < -0.4 is 15.8 Å². The van der Waals surface area contributed by atoms with Gasteiger partial charge in [0, 0.05) is 18.2 Å². The van der Waals surface area contributed by atoms with Gasteiger partial charge in [0.2, 0.25) is 15.9 Å². The Labute approximate surface area is 143 Å². The largest absolute Gasteiger partial charge is 0.327 e. The van der Waals surface area contributed by atoms with Crippen LogP contribution in [0.2, 0.25) is 0 Å². The quantitative estimate of drug-likeness (QED) is 0.744. The minimum Gasteiger partial charge on any atom is -0.327 e. The van der Waals surface area contributed by atoms with Gasteiger partial charge in [0.25, 0.3) is 0 Å². The lowest BCUT2D eigenvalue weighted by atomic mass is 10.00. The van der Waals surface area contributed by atoms with Crippen LogP contribution >= 0.6 is 12.4 Å². The molecule has 1 fully saturated rings. The molecular weight excluding hydrogens is 338 g/mol. The van der Waals surface area contributed by atoms with Crippen molar-refractivity contribution in [3.63, 3.8) is 0 Å². The third-order valence-corrected chi connectivity index (χ3v) is 5.75. The standard InChI is InChI=1S/C15H23N3O3S.ClH/c1-10-6-7-12(9-14(10)22(20,21)17-2)18-15(19)8-11-4-3-5-13(11)16;/h6-7,9,11,13,17H,3-5,8,16H2,1-2H3,(H,18,19);1H/t11-,13+;/m0./s1. The number of carbonyl (C=O) groups is 1. The van der Waals surface area contributed by atoms with Crippen molar-refractivity contribution in [3.8, 4) is 0 Å². The second kappa shape index (κ2) is 8.10. The summed E-state index contributed by atoms with van der Waals surface area (Å²) in [6, 6.07) is 4.95. The van der Waals surface area contributed by atoms with E-state index in [4.69, 9.17) is 5.73 Å². The van der Waals surface area contributed by atoms with Gasteiger partial charge in [-0.15, -0.1) is 12.4 Å². The van der Waals surface area contributed by atoms with E-state index in [0.29, 0.717) is 17.7 Å². The molecule has 2 atom stereocenters. The van der Waals surface area contributed by atoms with Gasteiger partial charge >= 0.3 is 0 Å². The average molecular weight is 362 g/mol. The van der Waals surface area contributed by atoms with E-state index >= 15 is 0 Å². The second-order valence-electron chi connectivity index (χ2n) is 5.79. The number of nitrogens with one attached hydrogen (secondary N) is 2. The highest BCUT2D eigenvalue weighted by Crippen LogP contribution is 2.27. The van der Waals surface area contributed by atoms with E-state index in [1.54, 1.807) is 19.1 Å². The molecule has 1 aromatic carbocycles. The molecule has 0 unspecified atom stereocenters. The number of halogens is 1. The normalized spacial score (nSPS) is 20.8. The summed E-state index contributed by atoms with van der Waals surface area (Å²) in [6.45, 7) is 1.72. The predicted octanol–water partition coefficient (Wildman–Crippen LogP) is 1.78. The third-order valence-electron chi connectivity index (χ3n) is 4.20. The van der Waals surface area contributed by atoms with Crippen molar-refractivity contribution < 1.29 is 13.2 Å². The fourth-order valence-corrected chi connectivity index (χ4v) is 3.84. The van der Waals surface area contributed by atoms with Gasteiger partial charge in [0.1, 0.15) is 0 Å². The van der Waals surface area contributed by atoms with Crippen LogP contribution in [0.5, 0.6) is 0 Å². The van der Waals surface area contributed by atoms with Crippen LogP contribution in [0.15, 0.2) is 23.1 Å². The second-order valence-corrected chi connectivity index (χ2v) is 7.65. The molecule has 1 aliphatic rings. The van der Waals surface area contributed by atoms with E-state index in [0.717, 1.165) is 19.3 Å². The Morgan fingerprint density at radius 3 is 2.61 bits per heavy atom. The summed E-state index contributed by atoms with van der Waals surface area (Å²) in [7, 11) is -2.18. The van der Waals surface area contributed by atoms with Crippen molar-refractivity contribution >= 4 is 34.0 Å². The van der Waals surface area contributed by atoms with Crippen molar-refractivity contribution in [2.45, 2.75) is 43.5 Å². The smallest absolute Gasteiger partial charge is 0.240 e. The highest BCUT2D eigenvalue weighted by atomic mass is 35.5. The zero-order valence-electron chi connectivity index (χ0n) is 13.3. The summed E-state index contributed by atoms with van der Waals surface area (Å²) in [5, 5.41) is 2.77. The fourth-order valence-electron chi connectivity index (χ4n) is 2.85. The summed E-state index contributed by atoms with van der Waals surface area (Å²) in [4.78, 5) is 12.3. The molecule has 8 heteroatoms. The number of nitrogens with two attached hydrogens (primary N) is 1.